The highest BCUT2D eigenvalue weighted by atomic mass is 19.4. The number of rotatable bonds is 6. The number of amidine groups is 1. The number of benzene rings is 1. The van der Waals surface area contributed by atoms with Crippen molar-refractivity contribution in [1.29, 1.82) is 0 Å². The Bertz CT molecular complexity index is 785. The Balaban J connectivity index is 2.07. The molecule has 0 saturated heterocycles. The monoisotopic (exact) mass is 374 g/mol. The van der Waals surface area contributed by atoms with E-state index in [9.17, 15) is 13.2 Å². The molecule has 5 heteroatoms. The minimum absolute atomic E-state index is 0.154. The van der Waals surface area contributed by atoms with Crippen LogP contribution in [-0.4, -0.2) is 16.9 Å². The molecule has 0 saturated carbocycles. The van der Waals surface area contributed by atoms with Crippen molar-refractivity contribution < 1.29 is 13.2 Å². The van der Waals surface area contributed by atoms with Crippen LogP contribution in [-0.2, 0) is 5.54 Å². The third-order valence-electron chi connectivity index (χ3n) is 5.02. The van der Waals surface area contributed by atoms with Crippen molar-refractivity contribution in [2.24, 2.45) is 4.99 Å². The fraction of sp³-hybridized carbons (Fsp3) is 0.409. The van der Waals surface area contributed by atoms with E-state index in [0.717, 1.165) is 31.2 Å². The molecule has 1 unspecified atom stereocenters. The Hall–Kier alpha value is -2.30. The lowest BCUT2D eigenvalue weighted by atomic mass is 9.85. The molecule has 1 atom stereocenters. The first-order valence-corrected chi connectivity index (χ1v) is 9.47. The van der Waals surface area contributed by atoms with Gasteiger partial charge in [-0.3, -0.25) is 0 Å². The van der Waals surface area contributed by atoms with Crippen LogP contribution in [0.4, 0.5) is 13.2 Å². The summed E-state index contributed by atoms with van der Waals surface area (Å²) in [4.78, 5) is 5.99. The fourth-order valence-corrected chi connectivity index (χ4v) is 3.48. The Labute approximate surface area is 158 Å². The maximum atomic E-state index is 14.3. The van der Waals surface area contributed by atoms with E-state index in [1.165, 1.54) is 18.2 Å². The van der Waals surface area contributed by atoms with Gasteiger partial charge in [-0.25, -0.2) is 4.99 Å². The van der Waals surface area contributed by atoms with Gasteiger partial charge < -0.3 is 4.90 Å². The number of nitrogens with zero attached hydrogens (tertiary/aromatic N) is 2. The van der Waals surface area contributed by atoms with Crippen LogP contribution in [0.2, 0.25) is 0 Å². The number of halogens is 3. The van der Waals surface area contributed by atoms with Gasteiger partial charge in [-0.1, -0.05) is 62.1 Å². The van der Waals surface area contributed by atoms with Crippen molar-refractivity contribution >= 4 is 5.84 Å². The number of fused-ring (bicyclic) bond motifs is 1. The van der Waals surface area contributed by atoms with Crippen molar-refractivity contribution in [2.45, 2.75) is 57.7 Å². The Morgan fingerprint density at radius 3 is 2.44 bits per heavy atom. The second kappa shape index (κ2) is 7.75. The molecule has 2 heterocycles. The van der Waals surface area contributed by atoms with Crippen LogP contribution >= 0.6 is 0 Å². The summed E-state index contributed by atoms with van der Waals surface area (Å²) in [6, 6.07) is 6.49. The first-order chi connectivity index (χ1) is 12.9. The molecule has 144 valence electrons. The quantitative estimate of drug-likeness (QED) is 0.526. The lowest BCUT2D eigenvalue weighted by Gasteiger charge is -2.39. The van der Waals surface area contributed by atoms with Crippen LogP contribution in [0.1, 0.15) is 50.2 Å². The van der Waals surface area contributed by atoms with Crippen LogP contribution in [0.3, 0.4) is 0 Å². The third kappa shape index (κ3) is 3.87. The molecule has 1 aromatic rings. The van der Waals surface area contributed by atoms with Crippen molar-refractivity contribution in [1.82, 2.24) is 4.90 Å². The number of aliphatic imine (C=N–C) groups is 1. The van der Waals surface area contributed by atoms with Gasteiger partial charge in [-0.2, -0.15) is 13.2 Å². The first kappa shape index (κ1) is 19.5. The minimum Gasteiger partial charge on any atom is -0.306 e. The Morgan fingerprint density at radius 2 is 1.78 bits per heavy atom. The molecule has 2 aliphatic heterocycles. The standard InChI is InChI=1S/C22H25F3N2/c1-3-4-5-6-9-19-16-21(22(23,24)25,18-13-11-17(2)12-14-18)26-20-10-7-8-15-27(19)20/h7-8,10-16H,3-6,9H2,1-2H3. The summed E-state index contributed by atoms with van der Waals surface area (Å²) in [5.74, 6) is 0.336. The maximum absolute atomic E-state index is 14.3. The average Bonchev–Trinajstić information content (AvgIpc) is 2.64. The molecule has 0 aromatic heterocycles. The molecule has 1 aromatic carbocycles. The first-order valence-electron chi connectivity index (χ1n) is 9.47. The summed E-state index contributed by atoms with van der Waals surface area (Å²) in [5, 5.41) is 0. The maximum Gasteiger partial charge on any atom is 0.421 e. The van der Waals surface area contributed by atoms with E-state index in [1.807, 2.05) is 13.0 Å². The van der Waals surface area contributed by atoms with E-state index in [-0.39, 0.29) is 5.56 Å². The number of aryl methyl sites for hydroxylation is 1. The number of unbranched alkanes of at least 4 members (excludes halogenated alkanes) is 3. The van der Waals surface area contributed by atoms with E-state index >= 15 is 0 Å². The Kier molecular flexibility index (Phi) is 5.59. The van der Waals surface area contributed by atoms with Gasteiger partial charge in [-0.05, 0) is 43.6 Å². The predicted molar refractivity (Wildman–Crippen MR) is 103 cm³/mol. The molecule has 0 spiro atoms. The molecule has 0 aliphatic carbocycles. The molecule has 2 aliphatic rings. The topological polar surface area (TPSA) is 15.6 Å². The molecule has 0 amide bonds. The zero-order valence-corrected chi connectivity index (χ0v) is 15.8. The van der Waals surface area contributed by atoms with E-state index in [2.05, 4.69) is 11.9 Å². The van der Waals surface area contributed by atoms with Gasteiger partial charge in [0.25, 0.3) is 0 Å². The highest BCUT2D eigenvalue weighted by molar-refractivity contribution is 5.97. The van der Waals surface area contributed by atoms with E-state index in [4.69, 9.17) is 0 Å². The molecule has 27 heavy (non-hydrogen) atoms. The largest absolute Gasteiger partial charge is 0.421 e. The number of allylic oxidation sites excluding steroid dienone is 3. The second-order valence-corrected chi connectivity index (χ2v) is 7.12. The molecular weight excluding hydrogens is 349 g/mol. The van der Waals surface area contributed by atoms with Crippen LogP contribution in [0.25, 0.3) is 0 Å². The third-order valence-corrected chi connectivity index (χ3v) is 5.02. The molecule has 2 nitrogen and oxygen atoms in total. The van der Waals surface area contributed by atoms with Gasteiger partial charge in [0.05, 0.1) is 0 Å². The zero-order valence-electron chi connectivity index (χ0n) is 15.8. The normalized spacial score (nSPS) is 21.7. The van der Waals surface area contributed by atoms with Crippen LogP contribution in [0.5, 0.6) is 0 Å². The highest BCUT2D eigenvalue weighted by Gasteiger charge is 2.57. The smallest absolute Gasteiger partial charge is 0.306 e. The fourth-order valence-electron chi connectivity index (χ4n) is 3.48. The van der Waals surface area contributed by atoms with Crippen LogP contribution < -0.4 is 0 Å². The average molecular weight is 374 g/mol. The van der Waals surface area contributed by atoms with E-state index in [0.29, 0.717) is 18.0 Å². The Morgan fingerprint density at radius 1 is 1.04 bits per heavy atom. The van der Waals surface area contributed by atoms with Gasteiger partial charge in [0.1, 0.15) is 5.84 Å². The highest BCUT2D eigenvalue weighted by Crippen LogP contribution is 2.47. The van der Waals surface area contributed by atoms with Crippen LogP contribution in [0, 0.1) is 6.92 Å². The summed E-state index contributed by atoms with van der Waals surface area (Å²) >= 11 is 0. The number of alkyl halides is 3. The molecular formula is C22H25F3N2. The van der Waals surface area contributed by atoms with Gasteiger partial charge in [0.2, 0.25) is 5.54 Å². The van der Waals surface area contributed by atoms with E-state index < -0.39 is 11.7 Å². The summed E-state index contributed by atoms with van der Waals surface area (Å²) in [5.41, 5.74) is -0.607. The van der Waals surface area contributed by atoms with E-state index in [1.54, 1.807) is 35.4 Å². The van der Waals surface area contributed by atoms with Gasteiger partial charge in [-0.15, -0.1) is 0 Å². The van der Waals surface area contributed by atoms with Crippen LogP contribution in [0.15, 0.2) is 65.5 Å². The summed E-state index contributed by atoms with van der Waals surface area (Å²) in [7, 11) is 0. The summed E-state index contributed by atoms with van der Waals surface area (Å²) in [6.07, 6.45) is 8.44. The zero-order chi connectivity index (χ0) is 19.5. The minimum atomic E-state index is -4.52. The lowest BCUT2D eigenvalue weighted by Crippen LogP contribution is -2.45. The van der Waals surface area contributed by atoms with Crippen molar-refractivity contribution in [3.8, 4) is 0 Å². The van der Waals surface area contributed by atoms with Gasteiger partial charge in [0.15, 0.2) is 0 Å². The van der Waals surface area contributed by atoms with Gasteiger partial charge >= 0.3 is 6.18 Å². The van der Waals surface area contributed by atoms with Crippen molar-refractivity contribution in [2.75, 3.05) is 0 Å². The molecule has 3 rings (SSSR count). The van der Waals surface area contributed by atoms with Crippen molar-refractivity contribution in [3.63, 3.8) is 0 Å². The lowest BCUT2D eigenvalue weighted by molar-refractivity contribution is -0.174. The van der Waals surface area contributed by atoms with Crippen molar-refractivity contribution in [3.05, 3.63) is 71.6 Å². The summed E-state index contributed by atoms with van der Waals surface area (Å²) in [6.45, 7) is 3.98. The van der Waals surface area contributed by atoms with Gasteiger partial charge in [0, 0.05) is 11.9 Å². The molecule has 0 bridgehead atoms. The summed E-state index contributed by atoms with van der Waals surface area (Å²) < 4.78 is 43.0. The predicted octanol–water partition coefficient (Wildman–Crippen LogP) is 6.40. The molecule has 0 fully saturated rings. The molecule has 0 radical (unpaired) electrons. The SMILES string of the molecule is CCCCCCC1=CC(c2ccc(C)cc2)(C(F)(F)F)N=C2C=CC=CN12. The number of hydrogen-bond donors (Lipinski definition) is 0. The second-order valence-electron chi connectivity index (χ2n) is 7.12. The molecule has 0 N–H and O–H groups in total. The number of hydrogen-bond acceptors (Lipinski definition) is 2.